The van der Waals surface area contributed by atoms with E-state index >= 15 is 0 Å². The molecular formula is C24H21N3. The Hall–Kier alpha value is -3.38. The molecule has 0 atom stereocenters. The zero-order valence-electron chi connectivity index (χ0n) is 15.4. The van der Waals surface area contributed by atoms with Gasteiger partial charge in [-0.2, -0.15) is 5.26 Å². The van der Waals surface area contributed by atoms with Crippen LogP contribution >= 0.6 is 0 Å². The summed E-state index contributed by atoms with van der Waals surface area (Å²) >= 11 is 0. The summed E-state index contributed by atoms with van der Waals surface area (Å²) < 4.78 is 2.32. The highest BCUT2D eigenvalue weighted by Crippen LogP contribution is 2.25. The standard InChI is InChI=1S/C24H21N3/c1-2-7-24-26-22-10-5-6-11-23(22)27(24)17-18-12-14-19(15-13-18)21-9-4-3-8-20(21)16-25/h3-6,8-15H,2,7,17H2,1H3. The van der Waals surface area contributed by atoms with Gasteiger partial charge in [0, 0.05) is 13.0 Å². The average Bonchev–Trinajstić information content (AvgIpc) is 3.06. The fraction of sp³-hybridized carbons (Fsp3) is 0.167. The number of nitrogens with zero attached hydrogens (tertiary/aromatic N) is 3. The molecule has 4 aromatic rings. The van der Waals surface area contributed by atoms with Crippen LogP contribution in [0.1, 0.15) is 30.3 Å². The predicted molar refractivity (Wildman–Crippen MR) is 109 cm³/mol. The third-order valence-electron chi connectivity index (χ3n) is 4.86. The molecule has 0 saturated carbocycles. The quantitative estimate of drug-likeness (QED) is 0.471. The van der Waals surface area contributed by atoms with E-state index in [2.05, 4.69) is 60.0 Å². The molecule has 0 amide bonds. The zero-order valence-corrected chi connectivity index (χ0v) is 15.4. The largest absolute Gasteiger partial charge is 0.323 e. The zero-order chi connectivity index (χ0) is 18.6. The van der Waals surface area contributed by atoms with Gasteiger partial charge in [0.25, 0.3) is 0 Å². The van der Waals surface area contributed by atoms with Crippen LogP contribution < -0.4 is 0 Å². The molecule has 1 heterocycles. The van der Waals surface area contributed by atoms with Crippen LogP contribution in [0.3, 0.4) is 0 Å². The number of hydrogen-bond acceptors (Lipinski definition) is 2. The summed E-state index contributed by atoms with van der Waals surface area (Å²) in [4.78, 5) is 4.81. The maximum Gasteiger partial charge on any atom is 0.110 e. The number of benzene rings is 3. The monoisotopic (exact) mass is 351 g/mol. The van der Waals surface area contributed by atoms with Crippen molar-refractivity contribution in [3.63, 3.8) is 0 Å². The van der Waals surface area contributed by atoms with E-state index in [1.807, 2.05) is 30.3 Å². The molecule has 0 unspecified atom stereocenters. The van der Waals surface area contributed by atoms with Crippen molar-refractivity contribution in [1.29, 1.82) is 5.26 Å². The van der Waals surface area contributed by atoms with E-state index in [1.54, 1.807) is 0 Å². The first-order chi connectivity index (χ1) is 13.3. The van der Waals surface area contributed by atoms with Crippen LogP contribution in [0.2, 0.25) is 0 Å². The molecule has 4 rings (SSSR count). The number of aromatic nitrogens is 2. The molecule has 1 aromatic heterocycles. The van der Waals surface area contributed by atoms with E-state index in [-0.39, 0.29) is 0 Å². The topological polar surface area (TPSA) is 41.6 Å². The number of fused-ring (bicyclic) bond motifs is 1. The van der Waals surface area contributed by atoms with Crippen molar-refractivity contribution < 1.29 is 0 Å². The summed E-state index contributed by atoms with van der Waals surface area (Å²) in [6.45, 7) is 2.99. The van der Waals surface area contributed by atoms with Gasteiger partial charge in [-0.1, -0.05) is 61.5 Å². The molecule has 27 heavy (non-hydrogen) atoms. The number of rotatable bonds is 5. The third kappa shape index (κ3) is 3.35. The molecule has 3 nitrogen and oxygen atoms in total. The van der Waals surface area contributed by atoms with E-state index in [9.17, 15) is 5.26 Å². The van der Waals surface area contributed by atoms with Crippen LogP contribution in [-0.2, 0) is 13.0 Å². The number of aryl methyl sites for hydroxylation is 1. The van der Waals surface area contributed by atoms with Crippen LogP contribution in [-0.4, -0.2) is 9.55 Å². The maximum atomic E-state index is 9.33. The van der Waals surface area contributed by atoms with Crippen molar-refractivity contribution in [1.82, 2.24) is 9.55 Å². The molecule has 0 aliphatic heterocycles. The van der Waals surface area contributed by atoms with Crippen molar-refractivity contribution in [2.75, 3.05) is 0 Å². The van der Waals surface area contributed by atoms with Crippen LogP contribution in [0, 0.1) is 11.3 Å². The lowest BCUT2D eigenvalue weighted by Gasteiger charge is -2.10. The highest BCUT2D eigenvalue weighted by molar-refractivity contribution is 5.76. The van der Waals surface area contributed by atoms with Crippen LogP contribution in [0.15, 0.2) is 72.8 Å². The van der Waals surface area contributed by atoms with Gasteiger partial charge in [0.05, 0.1) is 22.7 Å². The number of nitriles is 1. The van der Waals surface area contributed by atoms with Crippen LogP contribution in [0.5, 0.6) is 0 Å². The van der Waals surface area contributed by atoms with E-state index in [0.717, 1.165) is 41.9 Å². The van der Waals surface area contributed by atoms with Gasteiger partial charge in [0.2, 0.25) is 0 Å². The minimum Gasteiger partial charge on any atom is -0.323 e. The molecule has 132 valence electrons. The van der Waals surface area contributed by atoms with Gasteiger partial charge in [0.1, 0.15) is 5.82 Å². The molecule has 0 radical (unpaired) electrons. The van der Waals surface area contributed by atoms with E-state index in [0.29, 0.717) is 5.56 Å². The van der Waals surface area contributed by atoms with Crippen LogP contribution in [0.25, 0.3) is 22.2 Å². The van der Waals surface area contributed by atoms with Gasteiger partial charge in [-0.25, -0.2) is 4.98 Å². The second kappa shape index (κ2) is 7.47. The fourth-order valence-electron chi connectivity index (χ4n) is 3.52. The Balaban J connectivity index is 1.67. The molecule has 3 aromatic carbocycles. The summed E-state index contributed by atoms with van der Waals surface area (Å²) in [5.74, 6) is 1.14. The average molecular weight is 351 g/mol. The lowest BCUT2D eigenvalue weighted by molar-refractivity contribution is 0.722. The van der Waals surface area contributed by atoms with Crippen molar-refractivity contribution in [2.45, 2.75) is 26.3 Å². The molecular weight excluding hydrogens is 330 g/mol. The molecule has 0 fully saturated rings. The van der Waals surface area contributed by atoms with Gasteiger partial charge in [-0.3, -0.25) is 0 Å². The Bertz CT molecular complexity index is 1110. The number of hydrogen-bond donors (Lipinski definition) is 0. The summed E-state index contributed by atoms with van der Waals surface area (Å²) in [6.07, 6.45) is 2.05. The number of imidazole rings is 1. The highest BCUT2D eigenvalue weighted by Gasteiger charge is 2.10. The summed E-state index contributed by atoms with van der Waals surface area (Å²) in [7, 11) is 0. The first-order valence-corrected chi connectivity index (χ1v) is 9.32. The summed E-state index contributed by atoms with van der Waals surface area (Å²) in [5.41, 5.74) is 6.22. The van der Waals surface area contributed by atoms with E-state index < -0.39 is 0 Å². The van der Waals surface area contributed by atoms with E-state index in [1.165, 1.54) is 11.1 Å². The van der Waals surface area contributed by atoms with E-state index in [4.69, 9.17) is 4.98 Å². The molecule has 0 aliphatic rings. The first-order valence-electron chi connectivity index (χ1n) is 9.32. The maximum absolute atomic E-state index is 9.33. The Morgan fingerprint density at radius 3 is 2.44 bits per heavy atom. The third-order valence-corrected chi connectivity index (χ3v) is 4.86. The molecule has 0 bridgehead atoms. The van der Waals surface area contributed by atoms with Crippen molar-refractivity contribution in [2.24, 2.45) is 0 Å². The van der Waals surface area contributed by atoms with Gasteiger partial charge in [-0.15, -0.1) is 0 Å². The Morgan fingerprint density at radius 1 is 0.926 bits per heavy atom. The Morgan fingerprint density at radius 2 is 1.67 bits per heavy atom. The van der Waals surface area contributed by atoms with Gasteiger partial charge in [-0.05, 0) is 41.3 Å². The SMILES string of the molecule is CCCc1nc2ccccc2n1Cc1ccc(-c2ccccc2C#N)cc1. The molecule has 0 spiro atoms. The van der Waals surface area contributed by atoms with Gasteiger partial charge in [0.15, 0.2) is 0 Å². The molecule has 3 heteroatoms. The van der Waals surface area contributed by atoms with Crippen molar-refractivity contribution in [3.05, 3.63) is 89.7 Å². The minimum absolute atomic E-state index is 0.705. The summed E-state index contributed by atoms with van der Waals surface area (Å²) in [6, 6.07) is 26.8. The Labute approximate surface area is 159 Å². The minimum atomic E-state index is 0.705. The lowest BCUT2D eigenvalue weighted by Crippen LogP contribution is -2.05. The second-order valence-electron chi connectivity index (χ2n) is 6.71. The fourth-order valence-corrected chi connectivity index (χ4v) is 3.52. The Kier molecular flexibility index (Phi) is 4.72. The first kappa shape index (κ1) is 17.1. The summed E-state index contributed by atoms with van der Waals surface area (Å²) in [5, 5.41) is 9.33. The normalized spacial score (nSPS) is 10.8. The van der Waals surface area contributed by atoms with Gasteiger partial charge >= 0.3 is 0 Å². The molecule has 0 N–H and O–H groups in total. The lowest BCUT2D eigenvalue weighted by atomic mass is 9.99. The second-order valence-corrected chi connectivity index (χ2v) is 6.71. The smallest absolute Gasteiger partial charge is 0.110 e. The number of para-hydroxylation sites is 2. The van der Waals surface area contributed by atoms with Gasteiger partial charge < -0.3 is 4.57 Å². The molecule has 0 saturated heterocycles. The van der Waals surface area contributed by atoms with Crippen molar-refractivity contribution in [3.8, 4) is 17.2 Å². The highest BCUT2D eigenvalue weighted by atomic mass is 15.1. The molecule has 0 aliphatic carbocycles. The van der Waals surface area contributed by atoms with Crippen LogP contribution in [0.4, 0.5) is 0 Å². The van der Waals surface area contributed by atoms with Crippen molar-refractivity contribution >= 4 is 11.0 Å². The predicted octanol–water partition coefficient (Wildman–Crippen LogP) is 5.58.